The van der Waals surface area contributed by atoms with Crippen molar-refractivity contribution in [3.05, 3.63) is 12.2 Å². The average Bonchev–Trinajstić information content (AvgIpc) is 2.04. The third-order valence-electron chi connectivity index (χ3n) is 2.13. The minimum absolute atomic E-state index is 0.0789. The average molecular weight is 183 g/mol. The van der Waals surface area contributed by atoms with Crippen molar-refractivity contribution in [1.82, 2.24) is 5.48 Å². The van der Waals surface area contributed by atoms with Crippen molar-refractivity contribution >= 4 is 0 Å². The van der Waals surface area contributed by atoms with Crippen LogP contribution in [0.2, 0.25) is 0 Å². The molecule has 0 aliphatic heterocycles. The second kappa shape index (κ2) is 4.77. The number of hydroxylamine groups is 1. The van der Waals surface area contributed by atoms with E-state index in [2.05, 4.69) is 38.4 Å². The molecule has 1 aliphatic carbocycles. The Balaban J connectivity index is 2.09. The lowest BCUT2D eigenvalue weighted by Gasteiger charge is -2.23. The van der Waals surface area contributed by atoms with Crippen molar-refractivity contribution in [2.24, 2.45) is 5.92 Å². The maximum absolute atomic E-state index is 5.46. The van der Waals surface area contributed by atoms with Crippen molar-refractivity contribution in [3.8, 4) is 0 Å². The summed E-state index contributed by atoms with van der Waals surface area (Å²) in [5, 5.41) is 0. The zero-order valence-electron chi connectivity index (χ0n) is 8.97. The zero-order chi connectivity index (χ0) is 9.73. The molecule has 0 saturated heterocycles. The quantitative estimate of drug-likeness (QED) is 0.536. The highest BCUT2D eigenvalue weighted by molar-refractivity contribution is 4.90. The summed E-state index contributed by atoms with van der Waals surface area (Å²) in [6.45, 7) is 7.14. The fourth-order valence-corrected chi connectivity index (χ4v) is 1.42. The van der Waals surface area contributed by atoms with E-state index in [9.17, 15) is 0 Å². The van der Waals surface area contributed by atoms with E-state index in [0.29, 0.717) is 0 Å². The molecule has 0 spiro atoms. The molecule has 0 fully saturated rings. The van der Waals surface area contributed by atoms with Gasteiger partial charge < -0.3 is 0 Å². The van der Waals surface area contributed by atoms with Crippen LogP contribution in [0, 0.1) is 5.92 Å². The Morgan fingerprint density at radius 1 is 1.38 bits per heavy atom. The van der Waals surface area contributed by atoms with Crippen LogP contribution in [0.25, 0.3) is 0 Å². The molecule has 1 unspecified atom stereocenters. The molecule has 0 bridgehead atoms. The van der Waals surface area contributed by atoms with Crippen LogP contribution in [0.4, 0.5) is 0 Å². The molecule has 0 aromatic carbocycles. The standard InChI is InChI=1S/C11H21NO/c1-11(2,3)13-12-9-10-7-5-4-6-8-10/h4-5,10,12H,6-9H2,1-3H3. The maximum Gasteiger partial charge on any atom is 0.0812 e. The molecule has 1 N–H and O–H groups in total. The third kappa shape index (κ3) is 5.06. The van der Waals surface area contributed by atoms with Gasteiger partial charge >= 0.3 is 0 Å². The fourth-order valence-electron chi connectivity index (χ4n) is 1.42. The van der Waals surface area contributed by atoms with Crippen molar-refractivity contribution < 1.29 is 4.84 Å². The smallest absolute Gasteiger partial charge is 0.0812 e. The molecule has 0 radical (unpaired) electrons. The highest BCUT2D eigenvalue weighted by Crippen LogP contribution is 2.17. The van der Waals surface area contributed by atoms with Gasteiger partial charge in [0.2, 0.25) is 0 Å². The summed E-state index contributed by atoms with van der Waals surface area (Å²) in [7, 11) is 0. The summed E-state index contributed by atoms with van der Waals surface area (Å²) in [6.07, 6.45) is 8.24. The zero-order valence-corrected chi connectivity index (χ0v) is 8.97. The molecular weight excluding hydrogens is 162 g/mol. The lowest BCUT2D eigenvalue weighted by atomic mass is 9.95. The number of nitrogens with one attached hydrogen (secondary N) is 1. The topological polar surface area (TPSA) is 21.3 Å². The molecule has 0 amide bonds. The molecule has 0 heterocycles. The van der Waals surface area contributed by atoms with Crippen molar-refractivity contribution in [2.45, 2.75) is 45.6 Å². The van der Waals surface area contributed by atoms with Crippen LogP contribution in [-0.4, -0.2) is 12.1 Å². The summed E-state index contributed by atoms with van der Waals surface area (Å²) >= 11 is 0. The fraction of sp³-hybridized carbons (Fsp3) is 0.818. The van der Waals surface area contributed by atoms with Gasteiger partial charge in [0.15, 0.2) is 0 Å². The van der Waals surface area contributed by atoms with E-state index in [-0.39, 0.29) is 5.60 Å². The van der Waals surface area contributed by atoms with Crippen LogP contribution in [0.5, 0.6) is 0 Å². The molecule has 0 saturated carbocycles. The lowest BCUT2D eigenvalue weighted by molar-refractivity contribution is -0.0772. The van der Waals surface area contributed by atoms with Crippen LogP contribution >= 0.6 is 0 Å². The summed E-state index contributed by atoms with van der Waals surface area (Å²) in [4.78, 5) is 5.46. The minimum atomic E-state index is -0.0789. The van der Waals surface area contributed by atoms with E-state index in [1.807, 2.05) is 0 Å². The van der Waals surface area contributed by atoms with Crippen molar-refractivity contribution in [2.75, 3.05) is 6.54 Å². The first-order chi connectivity index (χ1) is 6.08. The Bertz CT molecular complexity index is 169. The van der Waals surface area contributed by atoms with Gasteiger partial charge in [-0.05, 0) is 46.0 Å². The Hall–Kier alpha value is -0.340. The maximum atomic E-state index is 5.46. The Morgan fingerprint density at radius 2 is 2.15 bits per heavy atom. The van der Waals surface area contributed by atoms with Gasteiger partial charge in [-0.1, -0.05) is 12.2 Å². The summed E-state index contributed by atoms with van der Waals surface area (Å²) in [6, 6.07) is 0. The molecule has 2 heteroatoms. The van der Waals surface area contributed by atoms with Gasteiger partial charge in [0.05, 0.1) is 5.60 Å². The van der Waals surface area contributed by atoms with E-state index in [1.54, 1.807) is 0 Å². The van der Waals surface area contributed by atoms with E-state index in [0.717, 1.165) is 12.5 Å². The van der Waals surface area contributed by atoms with Gasteiger partial charge in [0.1, 0.15) is 0 Å². The third-order valence-corrected chi connectivity index (χ3v) is 2.13. The van der Waals surface area contributed by atoms with Crippen molar-refractivity contribution in [3.63, 3.8) is 0 Å². The van der Waals surface area contributed by atoms with E-state index in [1.165, 1.54) is 19.3 Å². The van der Waals surface area contributed by atoms with Gasteiger partial charge in [-0.3, -0.25) is 4.84 Å². The molecule has 76 valence electrons. The first-order valence-electron chi connectivity index (χ1n) is 5.14. The molecule has 1 aliphatic rings. The lowest BCUT2D eigenvalue weighted by Crippen LogP contribution is -2.32. The summed E-state index contributed by atoms with van der Waals surface area (Å²) in [5.74, 6) is 0.757. The molecule has 1 rings (SSSR count). The Labute approximate surface area is 81.3 Å². The Morgan fingerprint density at radius 3 is 2.69 bits per heavy atom. The monoisotopic (exact) mass is 183 g/mol. The molecule has 13 heavy (non-hydrogen) atoms. The number of hydrogen-bond donors (Lipinski definition) is 1. The first kappa shape index (κ1) is 10.7. The molecule has 0 aromatic heterocycles. The van der Waals surface area contributed by atoms with Gasteiger partial charge in [0, 0.05) is 6.54 Å². The van der Waals surface area contributed by atoms with Gasteiger partial charge in [0.25, 0.3) is 0 Å². The summed E-state index contributed by atoms with van der Waals surface area (Å²) in [5.41, 5.74) is 2.98. The van der Waals surface area contributed by atoms with Gasteiger partial charge in [-0.2, -0.15) is 0 Å². The van der Waals surface area contributed by atoms with E-state index < -0.39 is 0 Å². The van der Waals surface area contributed by atoms with Crippen LogP contribution in [0.3, 0.4) is 0 Å². The van der Waals surface area contributed by atoms with Gasteiger partial charge in [-0.15, -0.1) is 0 Å². The SMILES string of the molecule is CC(C)(C)ONCC1CC=CCC1. The largest absolute Gasteiger partial charge is 0.296 e. The minimum Gasteiger partial charge on any atom is -0.296 e. The summed E-state index contributed by atoms with van der Waals surface area (Å²) < 4.78 is 0. The number of rotatable bonds is 3. The first-order valence-corrected chi connectivity index (χ1v) is 5.14. The molecular formula is C11H21NO. The predicted octanol–water partition coefficient (Wildman–Crippen LogP) is 2.66. The number of hydrogen-bond acceptors (Lipinski definition) is 2. The molecule has 1 atom stereocenters. The predicted molar refractivity (Wildman–Crippen MR) is 55.3 cm³/mol. The van der Waals surface area contributed by atoms with E-state index in [4.69, 9.17) is 4.84 Å². The van der Waals surface area contributed by atoms with Gasteiger partial charge in [-0.25, -0.2) is 5.48 Å². The van der Waals surface area contributed by atoms with Crippen molar-refractivity contribution in [1.29, 1.82) is 0 Å². The normalized spacial score (nSPS) is 23.5. The highest BCUT2D eigenvalue weighted by atomic mass is 16.7. The number of allylic oxidation sites excluding steroid dienone is 2. The second-order valence-electron chi connectivity index (χ2n) is 4.71. The highest BCUT2D eigenvalue weighted by Gasteiger charge is 2.13. The molecule has 0 aromatic rings. The van der Waals surface area contributed by atoms with Crippen LogP contribution in [-0.2, 0) is 4.84 Å². The second-order valence-corrected chi connectivity index (χ2v) is 4.71. The Kier molecular flexibility index (Phi) is 3.94. The molecule has 2 nitrogen and oxygen atoms in total. The van der Waals surface area contributed by atoms with Crippen LogP contribution in [0.15, 0.2) is 12.2 Å². The van der Waals surface area contributed by atoms with Crippen LogP contribution < -0.4 is 5.48 Å². The van der Waals surface area contributed by atoms with Crippen LogP contribution in [0.1, 0.15) is 40.0 Å². The van der Waals surface area contributed by atoms with E-state index >= 15 is 0 Å².